The highest BCUT2D eigenvalue weighted by molar-refractivity contribution is 7.14. The van der Waals surface area contributed by atoms with Gasteiger partial charge in [0.15, 0.2) is 6.29 Å². The lowest BCUT2D eigenvalue weighted by Crippen LogP contribution is -1.98. The Kier molecular flexibility index (Phi) is 4.47. The average Bonchev–Trinajstić information content (AvgIpc) is 3.50. The van der Waals surface area contributed by atoms with Crippen molar-refractivity contribution in [1.82, 2.24) is 0 Å². The van der Waals surface area contributed by atoms with Crippen LogP contribution in [0, 0.1) is 22.7 Å². The fourth-order valence-corrected chi connectivity index (χ4v) is 4.52. The molecular weight excluding hydrogens is 356 g/mol. The monoisotopic (exact) mass is 370 g/mol. The number of carbonyl (C=O) groups is 2. The van der Waals surface area contributed by atoms with Gasteiger partial charge in [0.05, 0.1) is 27.8 Å². The fourth-order valence-electron chi connectivity index (χ4n) is 2.46. The number of carboxylic acid groups (broad SMARTS) is 1. The van der Waals surface area contributed by atoms with Gasteiger partial charge in [0.25, 0.3) is 0 Å². The van der Waals surface area contributed by atoms with E-state index < -0.39 is 5.97 Å². The number of nitriles is 2. The zero-order chi connectivity index (χ0) is 18.1. The predicted molar refractivity (Wildman–Crippen MR) is 94.0 cm³/mol. The molecule has 0 saturated heterocycles. The summed E-state index contributed by atoms with van der Waals surface area (Å²) in [7, 11) is 0. The molecule has 5 nitrogen and oxygen atoms in total. The summed E-state index contributed by atoms with van der Waals surface area (Å²) in [6.07, 6.45) is 4.46. The third-order valence-corrected chi connectivity index (χ3v) is 6.92. The van der Waals surface area contributed by atoms with Crippen molar-refractivity contribution in [2.75, 3.05) is 0 Å². The molecule has 7 heteroatoms. The van der Waals surface area contributed by atoms with E-state index in [1.54, 1.807) is 18.2 Å². The van der Waals surface area contributed by atoms with Gasteiger partial charge in [-0.25, -0.2) is 4.79 Å². The molecule has 0 aliphatic heterocycles. The van der Waals surface area contributed by atoms with Gasteiger partial charge in [-0.3, -0.25) is 4.79 Å². The number of carboxylic acids is 1. The first-order valence-corrected chi connectivity index (χ1v) is 9.33. The molecular formula is C18H14N2O3S2. The van der Waals surface area contributed by atoms with E-state index in [2.05, 4.69) is 12.1 Å². The van der Waals surface area contributed by atoms with Crippen LogP contribution in [0.4, 0.5) is 0 Å². The van der Waals surface area contributed by atoms with Crippen LogP contribution in [0.15, 0.2) is 24.3 Å². The smallest absolute Gasteiger partial charge is 0.345 e. The molecule has 25 heavy (non-hydrogen) atoms. The summed E-state index contributed by atoms with van der Waals surface area (Å²) in [6.45, 7) is 0. The van der Waals surface area contributed by atoms with Gasteiger partial charge in [-0.15, -0.1) is 22.7 Å². The summed E-state index contributed by atoms with van der Waals surface area (Å²) >= 11 is 2.65. The quantitative estimate of drug-likeness (QED) is 0.816. The van der Waals surface area contributed by atoms with Gasteiger partial charge in [0.2, 0.25) is 0 Å². The molecule has 0 aromatic carbocycles. The normalized spacial score (nSPS) is 18.0. The SMILES string of the molecule is N#CC1(c2ccc(C(=O)O)s2)CC1.N#CC1(c2ccc(C=O)s2)CC1. The molecule has 2 fully saturated rings. The summed E-state index contributed by atoms with van der Waals surface area (Å²) in [6, 6.07) is 11.5. The van der Waals surface area contributed by atoms with E-state index in [-0.39, 0.29) is 10.8 Å². The lowest BCUT2D eigenvalue weighted by atomic mass is 10.1. The number of nitrogens with zero attached hydrogens (tertiary/aromatic N) is 2. The molecule has 0 radical (unpaired) electrons. The van der Waals surface area contributed by atoms with Gasteiger partial charge in [-0.1, -0.05) is 0 Å². The molecule has 4 rings (SSSR count). The zero-order valence-corrected chi connectivity index (χ0v) is 14.8. The second kappa shape index (κ2) is 6.44. The Morgan fingerprint density at radius 1 is 1.00 bits per heavy atom. The zero-order valence-electron chi connectivity index (χ0n) is 13.2. The third kappa shape index (κ3) is 3.34. The minimum Gasteiger partial charge on any atom is -0.477 e. The van der Waals surface area contributed by atoms with E-state index in [1.165, 1.54) is 22.7 Å². The molecule has 2 aromatic heterocycles. The summed E-state index contributed by atoms with van der Waals surface area (Å²) < 4.78 is 0. The molecule has 0 unspecified atom stereocenters. The Balaban J connectivity index is 0.000000146. The first kappa shape index (κ1) is 17.3. The highest BCUT2D eigenvalue weighted by Crippen LogP contribution is 2.50. The first-order valence-electron chi connectivity index (χ1n) is 7.70. The van der Waals surface area contributed by atoms with E-state index in [0.717, 1.165) is 41.7 Å². The van der Waals surface area contributed by atoms with Crippen LogP contribution in [0.3, 0.4) is 0 Å². The van der Waals surface area contributed by atoms with Crippen molar-refractivity contribution in [3.63, 3.8) is 0 Å². The van der Waals surface area contributed by atoms with Crippen LogP contribution in [0.2, 0.25) is 0 Å². The van der Waals surface area contributed by atoms with E-state index in [4.69, 9.17) is 15.6 Å². The van der Waals surface area contributed by atoms with Crippen LogP contribution in [0.25, 0.3) is 0 Å². The lowest BCUT2D eigenvalue weighted by Gasteiger charge is -1.98. The number of carbonyl (C=O) groups excluding carboxylic acids is 1. The number of rotatable bonds is 4. The molecule has 1 N–H and O–H groups in total. The summed E-state index contributed by atoms with van der Waals surface area (Å²) in [4.78, 5) is 23.9. The molecule has 2 aliphatic rings. The molecule has 0 atom stereocenters. The molecule has 2 saturated carbocycles. The van der Waals surface area contributed by atoms with Crippen LogP contribution in [0.5, 0.6) is 0 Å². The molecule has 2 aliphatic carbocycles. The van der Waals surface area contributed by atoms with Crippen molar-refractivity contribution in [2.45, 2.75) is 36.5 Å². The van der Waals surface area contributed by atoms with Gasteiger partial charge >= 0.3 is 5.97 Å². The first-order chi connectivity index (χ1) is 12.0. The van der Waals surface area contributed by atoms with Crippen LogP contribution in [0.1, 0.15) is 54.8 Å². The largest absolute Gasteiger partial charge is 0.477 e. The number of hydrogen-bond acceptors (Lipinski definition) is 6. The fraction of sp³-hybridized carbons (Fsp3) is 0.333. The Hall–Kier alpha value is -2.48. The number of hydrogen-bond donors (Lipinski definition) is 1. The average molecular weight is 370 g/mol. The summed E-state index contributed by atoms with van der Waals surface area (Å²) in [5.74, 6) is -0.912. The van der Waals surface area contributed by atoms with E-state index in [0.29, 0.717) is 9.75 Å². The van der Waals surface area contributed by atoms with E-state index in [1.807, 2.05) is 6.07 Å². The number of thiophene rings is 2. The minimum atomic E-state index is -0.912. The number of aromatic carboxylic acids is 1. The van der Waals surface area contributed by atoms with Gasteiger partial charge in [0.1, 0.15) is 4.88 Å². The van der Waals surface area contributed by atoms with Gasteiger partial charge in [0, 0.05) is 9.75 Å². The van der Waals surface area contributed by atoms with Crippen molar-refractivity contribution in [3.8, 4) is 12.1 Å². The third-order valence-electron chi connectivity index (χ3n) is 4.43. The van der Waals surface area contributed by atoms with Gasteiger partial charge in [-0.2, -0.15) is 10.5 Å². The van der Waals surface area contributed by atoms with Crippen LogP contribution in [-0.4, -0.2) is 17.4 Å². The minimum absolute atomic E-state index is 0.230. The maximum atomic E-state index is 10.6. The van der Waals surface area contributed by atoms with Crippen LogP contribution in [-0.2, 0) is 10.8 Å². The second-order valence-electron chi connectivity index (χ2n) is 6.18. The van der Waals surface area contributed by atoms with Gasteiger partial charge in [-0.05, 0) is 49.9 Å². The Morgan fingerprint density at radius 2 is 1.52 bits per heavy atom. The molecule has 0 spiro atoms. The number of aldehydes is 1. The van der Waals surface area contributed by atoms with Crippen molar-refractivity contribution in [3.05, 3.63) is 43.8 Å². The maximum absolute atomic E-state index is 10.6. The summed E-state index contributed by atoms with van der Waals surface area (Å²) in [5, 5.41) is 26.4. The van der Waals surface area contributed by atoms with Crippen molar-refractivity contribution in [2.24, 2.45) is 0 Å². The van der Waals surface area contributed by atoms with Crippen LogP contribution >= 0.6 is 22.7 Å². The van der Waals surface area contributed by atoms with E-state index >= 15 is 0 Å². The lowest BCUT2D eigenvalue weighted by molar-refractivity contribution is 0.0702. The molecule has 2 aromatic rings. The molecule has 0 bridgehead atoms. The predicted octanol–water partition coefficient (Wildman–Crippen LogP) is 4.12. The Labute approximate surface area is 152 Å². The maximum Gasteiger partial charge on any atom is 0.345 e. The molecule has 2 heterocycles. The van der Waals surface area contributed by atoms with E-state index in [9.17, 15) is 9.59 Å². The molecule has 126 valence electrons. The van der Waals surface area contributed by atoms with Crippen molar-refractivity contribution in [1.29, 1.82) is 10.5 Å². The second-order valence-corrected chi connectivity index (χ2v) is 8.38. The summed E-state index contributed by atoms with van der Waals surface area (Å²) in [5.41, 5.74) is -0.579. The van der Waals surface area contributed by atoms with Crippen molar-refractivity contribution < 1.29 is 14.7 Å². The Morgan fingerprint density at radius 3 is 1.88 bits per heavy atom. The van der Waals surface area contributed by atoms with Crippen LogP contribution < -0.4 is 0 Å². The molecule has 0 amide bonds. The highest BCUT2D eigenvalue weighted by Gasteiger charge is 2.46. The topological polar surface area (TPSA) is 102 Å². The van der Waals surface area contributed by atoms with Gasteiger partial charge < -0.3 is 5.11 Å². The standard InChI is InChI=1S/C9H7NO2S.C9H7NOS/c10-5-9(3-4-9)7-2-1-6(13-7)8(11)12;10-6-9(3-4-9)8-2-1-7(5-11)12-8/h1-2H,3-4H2,(H,11,12);1-2,5H,3-4H2. The Bertz CT molecular complexity index is 905. The highest BCUT2D eigenvalue weighted by atomic mass is 32.1. The van der Waals surface area contributed by atoms with Crippen molar-refractivity contribution >= 4 is 34.9 Å².